The predicted molar refractivity (Wildman–Crippen MR) is 106 cm³/mol. The molecule has 1 aromatic heterocycles. The summed E-state index contributed by atoms with van der Waals surface area (Å²) in [6.45, 7) is 3.85. The van der Waals surface area contributed by atoms with Gasteiger partial charge in [0.2, 0.25) is 5.91 Å². The Hall–Kier alpha value is -2.25. The van der Waals surface area contributed by atoms with Crippen molar-refractivity contribution in [3.05, 3.63) is 47.0 Å². The van der Waals surface area contributed by atoms with Gasteiger partial charge in [0.05, 0.1) is 12.1 Å². The van der Waals surface area contributed by atoms with Crippen LogP contribution >= 0.6 is 11.3 Å². The van der Waals surface area contributed by atoms with E-state index in [1.54, 1.807) is 12.1 Å². The fraction of sp³-hybridized carbons (Fsp3) is 0.450. The first kappa shape index (κ1) is 18.1. The van der Waals surface area contributed by atoms with Gasteiger partial charge in [-0.25, -0.2) is 4.98 Å². The Labute approximate surface area is 163 Å². The first-order chi connectivity index (χ1) is 13.2. The van der Waals surface area contributed by atoms with Crippen LogP contribution < -0.4 is 10.6 Å². The topological polar surface area (TPSA) is 74.3 Å². The van der Waals surface area contributed by atoms with Crippen molar-refractivity contribution in [3.8, 4) is 0 Å². The van der Waals surface area contributed by atoms with E-state index < -0.39 is 0 Å². The van der Waals surface area contributed by atoms with E-state index in [9.17, 15) is 9.59 Å². The highest BCUT2D eigenvalue weighted by Gasteiger charge is 2.31. The van der Waals surface area contributed by atoms with Crippen molar-refractivity contribution in [2.24, 2.45) is 11.8 Å². The lowest BCUT2D eigenvalue weighted by Crippen LogP contribution is -2.34. The molecule has 7 heteroatoms. The molecule has 6 nitrogen and oxygen atoms in total. The molecule has 3 heterocycles. The Balaban J connectivity index is 1.32. The average molecular weight is 385 g/mol. The number of anilines is 1. The van der Waals surface area contributed by atoms with E-state index in [0.717, 1.165) is 44.7 Å². The molecule has 2 amide bonds. The van der Waals surface area contributed by atoms with E-state index in [4.69, 9.17) is 0 Å². The molecular weight excluding hydrogens is 360 g/mol. The zero-order chi connectivity index (χ0) is 18.6. The van der Waals surface area contributed by atoms with Crippen molar-refractivity contribution in [2.45, 2.75) is 19.3 Å². The van der Waals surface area contributed by atoms with Gasteiger partial charge >= 0.3 is 0 Å². The lowest BCUT2D eigenvalue weighted by Gasteiger charge is -2.20. The van der Waals surface area contributed by atoms with Crippen molar-refractivity contribution < 1.29 is 9.59 Å². The second-order valence-corrected chi connectivity index (χ2v) is 8.14. The third-order valence-electron chi connectivity index (χ3n) is 5.51. The number of carbonyl (C=O) groups excluding carboxylic acids is 2. The number of hydrogen-bond donors (Lipinski definition) is 2. The summed E-state index contributed by atoms with van der Waals surface area (Å²) in [4.78, 5) is 31.3. The lowest BCUT2D eigenvalue weighted by atomic mass is 9.92. The first-order valence-corrected chi connectivity index (χ1v) is 10.4. The number of amides is 2. The molecule has 2 aliphatic heterocycles. The number of thiazole rings is 1. The smallest absolute Gasteiger partial charge is 0.257 e. The Morgan fingerprint density at radius 3 is 2.56 bits per heavy atom. The molecule has 2 aliphatic rings. The van der Waals surface area contributed by atoms with E-state index in [0.29, 0.717) is 29.0 Å². The SMILES string of the molecule is O=C(Nc1nc(CC(=O)N2CC[C@@H]3CNC[C@@H]3CC2)cs1)c1ccccc1. The standard InChI is InChI=1S/C20H24N4O2S/c25-18(24-8-6-15-11-21-12-16(15)7-9-24)10-17-13-27-20(22-17)23-19(26)14-4-2-1-3-5-14/h1-5,13,15-16,21H,6-12H2,(H,22,23,26)/t15-,16+. The number of carbonyl (C=O) groups is 2. The number of aromatic nitrogens is 1. The molecule has 1 aromatic carbocycles. The molecule has 142 valence electrons. The monoisotopic (exact) mass is 384 g/mol. The molecule has 2 aromatic rings. The minimum absolute atomic E-state index is 0.133. The normalized spacial score (nSPS) is 22.1. The maximum atomic E-state index is 12.7. The van der Waals surface area contributed by atoms with E-state index >= 15 is 0 Å². The van der Waals surface area contributed by atoms with Crippen molar-refractivity contribution in [1.29, 1.82) is 0 Å². The molecule has 0 aliphatic carbocycles. The number of nitrogens with zero attached hydrogens (tertiary/aromatic N) is 2. The van der Waals surface area contributed by atoms with Gasteiger partial charge in [-0.2, -0.15) is 0 Å². The molecule has 0 spiro atoms. The molecule has 27 heavy (non-hydrogen) atoms. The van der Waals surface area contributed by atoms with E-state index in [-0.39, 0.29) is 11.8 Å². The Kier molecular flexibility index (Phi) is 5.50. The van der Waals surface area contributed by atoms with Gasteiger partial charge < -0.3 is 10.2 Å². The van der Waals surface area contributed by atoms with Crippen molar-refractivity contribution in [2.75, 3.05) is 31.5 Å². The Morgan fingerprint density at radius 1 is 1.15 bits per heavy atom. The van der Waals surface area contributed by atoms with E-state index in [1.165, 1.54) is 11.3 Å². The molecule has 4 rings (SSSR count). The van der Waals surface area contributed by atoms with Crippen LogP contribution in [0.3, 0.4) is 0 Å². The number of fused-ring (bicyclic) bond motifs is 1. The fourth-order valence-electron chi connectivity index (χ4n) is 3.94. The zero-order valence-electron chi connectivity index (χ0n) is 15.2. The van der Waals surface area contributed by atoms with Crippen LogP contribution in [0.25, 0.3) is 0 Å². The van der Waals surface area contributed by atoms with Gasteiger partial charge in [-0.3, -0.25) is 14.9 Å². The van der Waals surface area contributed by atoms with Crippen LogP contribution in [0, 0.1) is 11.8 Å². The maximum Gasteiger partial charge on any atom is 0.257 e. The van der Waals surface area contributed by atoms with Crippen molar-refractivity contribution in [1.82, 2.24) is 15.2 Å². The minimum Gasteiger partial charge on any atom is -0.342 e. The second-order valence-electron chi connectivity index (χ2n) is 7.28. The molecule has 2 N–H and O–H groups in total. The second kappa shape index (κ2) is 8.19. The Morgan fingerprint density at radius 2 is 1.85 bits per heavy atom. The summed E-state index contributed by atoms with van der Waals surface area (Å²) in [5.41, 5.74) is 1.31. The number of benzene rings is 1. The summed E-state index contributed by atoms with van der Waals surface area (Å²) in [5, 5.41) is 8.65. The third-order valence-corrected chi connectivity index (χ3v) is 6.32. The highest BCUT2D eigenvalue weighted by Crippen LogP contribution is 2.27. The summed E-state index contributed by atoms with van der Waals surface area (Å²) in [5.74, 6) is 1.37. The maximum absolute atomic E-state index is 12.7. The van der Waals surface area contributed by atoms with Gasteiger partial charge in [0, 0.05) is 24.0 Å². The fourth-order valence-corrected chi connectivity index (χ4v) is 4.64. The molecule has 0 saturated carbocycles. The summed E-state index contributed by atoms with van der Waals surface area (Å²) in [7, 11) is 0. The number of nitrogens with one attached hydrogen (secondary N) is 2. The third kappa shape index (κ3) is 4.36. The van der Waals surface area contributed by atoms with Gasteiger partial charge in [0.15, 0.2) is 5.13 Å². The van der Waals surface area contributed by atoms with Crippen molar-refractivity contribution >= 4 is 28.3 Å². The zero-order valence-corrected chi connectivity index (χ0v) is 16.0. The molecule has 2 fully saturated rings. The largest absolute Gasteiger partial charge is 0.342 e. The number of hydrogen-bond acceptors (Lipinski definition) is 5. The quantitative estimate of drug-likeness (QED) is 0.849. The molecule has 2 saturated heterocycles. The highest BCUT2D eigenvalue weighted by molar-refractivity contribution is 7.14. The van der Waals surface area contributed by atoms with Crippen LogP contribution in [0.1, 0.15) is 28.9 Å². The van der Waals surface area contributed by atoms with Gasteiger partial charge in [0.25, 0.3) is 5.91 Å². The van der Waals surface area contributed by atoms with Gasteiger partial charge in [-0.05, 0) is 49.9 Å². The number of rotatable bonds is 4. The van der Waals surface area contributed by atoms with Crippen LogP contribution in [0.15, 0.2) is 35.7 Å². The van der Waals surface area contributed by atoms with Gasteiger partial charge in [0.1, 0.15) is 0 Å². The molecule has 0 bridgehead atoms. The minimum atomic E-state index is -0.185. The lowest BCUT2D eigenvalue weighted by molar-refractivity contribution is -0.130. The average Bonchev–Trinajstić information content (AvgIpc) is 3.27. The summed E-state index contributed by atoms with van der Waals surface area (Å²) >= 11 is 1.36. The van der Waals surface area contributed by atoms with Crippen LogP contribution in [-0.2, 0) is 11.2 Å². The van der Waals surface area contributed by atoms with E-state index in [1.807, 2.05) is 28.5 Å². The highest BCUT2D eigenvalue weighted by atomic mass is 32.1. The van der Waals surface area contributed by atoms with Crippen LogP contribution in [0.2, 0.25) is 0 Å². The van der Waals surface area contributed by atoms with Gasteiger partial charge in [-0.1, -0.05) is 18.2 Å². The summed E-state index contributed by atoms with van der Waals surface area (Å²) in [6, 6.07) is 9.05. The Bertz CT molecular complexity index is 793. The predicted octanol–water partition coefficient (Wildman–Crippen LogP) is 2.40. The van der Waals surface area contributed by atoms with Crippen molar-refractivity contribution in [3.63, 3.8) is 0 Å². The summed E-state index contributed by atoms with van der Waals surface area (Å²) < 4.78 is 0. The summed E-state index contributed by atoms with van der Waals surface area (Å²) in [6.07, 6.45) is 2.46. The number of likely N-dealkylation sites (tertiary alicyclic amines) is 1. The molecular formula is C20H24N4O2S. The van der Waals surface area contributed by atoms with Gasteiger partial charge in [-0.15, -0.1) is 11.3 Å². The van der Waals surface area contributed by atoms with E-state index in [2.05, 4.69) is 15.6 Å². The molecule has 0 radical (unpaired) electrons. The van der Waals surface area contributed by atoms with Crippen LogP contribution in [0.4, 0.5) is 5.13 Å². The van der Waals surface area contributed by atoms with Crippen LogP contribution in [-0.4, -0.2) is 47.9 Å². The molecule has 0 unspecified atom stereocenters. The molecule has 2 atom stereocenters. The first-order valence-electron chi connectivity index (χ1n) is 9.48. The van der Waals surface area contributed by atoms with Crippen LogP contribution in [0.5, 0.6) is 0 Å².